The van der Waals surface area contributed by atoms with E-state index < -0.39 is 0 Å². The predicted octanol–water partition coefficient (Wildman–Crippen LogP) is 6.01. The molecule has 0 saturated heterocycles. The number of hydrogen-bond acceptors (Lipinski definition) is 6. The van der Waals surface area contributed by atoms with Gasteiger partial charge < -0.3 is 9.47 Å². The fourth-order valence-corrected chi connectivity index (χ4v) is 3.94. The Morgan fingerprint density at radius 1 is 0.548 bits per heavy atom. The van der Waals surface area contributed by atoms with Crippen LogP contribution in [0.15, 0.2) is 119 Å². The molecule has 0 heterocycles. The van der Waals surface area contributed by atoms with E-state index >= 15 is 0 Å². The molecule has 4 aromatic carbocycles. The zero-order chi connectivity index (χ0) is 29.2. The fourth-order valence-electron chi connectivity index (χ4n) is 3.94. The lowest BCUT2D eigenvalue weighted by Gasteiger charge is -2.09. The topological polar surface area (TPSA) is 101 Å². The largest absolute Gasteiger partial charge is 0.488 e. The molecule has 8 heteroatoms. The normalized spacial score (nSPS) is 11.0. The van der Waals surface area contributed by atoms with Crippen molar-refractivity contribution in [2.24, 2.45) is 10.2 Å². The molecule has 0 bridgehead atoms. The van der Waals surface area contributed by atoms with Crippen molar-refractivity contribution in [3.8, 4) is 11.5 Å². The number of rotatable bonds is 15. The molecule has 0 spiro atoms. The van der Waals surface area contributed by atoms with Crippen LogP contribution < -0.4 is 20.3 Å². The summed E-state index contributed by atoms with van der Waals surface area (Å²) < 4.78 is 11.8. The van der Waals surface area contributed by atoms with Gasteiger partial charge in [-0.05, 0) is 48.2 Å². The van der Waals surface area contributed by atoms with Crippen molar-refractivity contribution in [2.75, 3.05) is 0 Å². The Hall–Kier alpha value is -5.24. The van der Waals surface area contributed by atoms with E-state index in [0.29, 0.717) is 37.6 Å². The molecule has 0 atom stereocenters. The molecule has 0 aliphatic heterocycles. The molecular weight excluding hydrogens is 528 g/mol. The average Bonchev–Trinajstić information content (AvgIpc) is 3.03. The smallest absolute Gasteiger partial charge is 0.240 e. The highest BCUT2D eigenvalue weighted by Crippen LogP contribution is 2.18. The molecule has 8 nitrogen and oxygen atoms in total. The number of nitrogens with one attached hydrogen (secondary N) is 2. The molecule has 214 valence electrons. The molecule has 0 unspecified atom stereocenters. The molecular formula is C34H34N4O4. The first-order chi connectivity index (χ1) is 20.7. The van der Waals surface area contributed by atoms with Gasteiger partial charge in [-0.1, -0.05) is 84.9 Å². The molecule has 2 amide bonds. The van der Waals surface area contributed by atoms with Gasteiger partial charge in [-0.3, -0.25) is 9.59 Å². The van der Waals surface area contributed by atoms with Gasteiger partial charge in [0.2, 0.25) is 11.8 Å². The van der Waals surface area contributed by atoms with E-state index in [0.717, 1.165) is 22.3 Å². The minimum Gasteiger partial charge on any atom is -0.488 e. The van der Waals surface area contributed by atoms with Crippen LogP contribution in [0.3, 0.4) is 0 Å². The van der Waals surface area contributed by atoms with Crippen molar-refractivity contribution in [2.45, 2.75) is 38.9 Å². The maximum atomic E-state index is 12.2. The highest BCUT2D eigenvalue weighted by molar-refractivity contribution is 5.86. The maximum absolute atomic E-state index is 12.2. The summed E-state index contributed by atoms with van der Waals surface area (Å²) in [4.78, 5) is 24.4. The maximum Gasteiger partial charge on any atom is 0.240 e. The second-order valence-corrected chi connectivity index (χ2v) is 9.42. The van der Waals surface area contributed by atoms with Crippen LogP contribution in [0.5, 0.6) is 11.5 Å². The van der Waals surface area contributed by atoms with E-state index in [9.17, 15) is 9.59 Å². The number of nitrogens with zero attached hydrogens (tertiary/aromatic N) is 2. The van der Waals surface area contributed by atoms with Crippen LogP contribution in [-0.2, 0) is 22.8 Å². The summed E-state index contributed by atoms with van der Waals surface area (Å²) in [5.74, 6) is 0.909. The standard InChI is InChI=1S/C34H34N4O4/c39-33(37-35-23-29-17-7-9-19-31(29)41-25-27-13-3-1-4-14-27)21-11-12-22-34(40)38-36-24-30-18-8-10-20-32(30)42-26-28-15-5-2-6-16-28/h1-10,13-20,23-24H,11-12,21-22,25-26H2,(H,37,39)(H,38,40). The third kappa shape index (κ3) is 10.4. The van der Waals surface area contributed by atoms with Crippen molar-refractivity contribution in [1.82, 2.24) is 10.9 Å². The Morgan fingerprint density at radius 3 is 1.36 bits per heavy atom. The minimum atomic E-state index is -0.223. The number of benzene rings is 4. The first-order valence-electron chi connectivity index (χ1n) is 13.8. The number of hydrogen-bond donors (Lipinski definition) is 2. The van der Waals surface area contributed by atoms with Crippen LogP contribution >= 0.6 is 0 Å². The highest BCUT2D eigenvalue weighted by Gasteiger charge is 2.05. The van der Waals surface area contributed by atoms with Gasteiger partial charge in [0, 0.05) is 24.0 Å². The van der Waals surface area contributed by atoms with Gasteiger partial charge >= 0.3 is 0 Å². The molecule has 0 aliphatic carbocycles. The molecule has 0 aromatic heterocycles. The highest BCUT2D eigenvalue weighted by atomic mass is 16.5. The lowest BCUT2D eigenvalue weighted by atomic mass is 10.2. The van der Waals surface area contributed by atoms with Crippen LogP contribution in [0, 0.1) is 0 Å². The summed E-state index contributed by atoms with van der Waals surface area (Å²) in [5.41, 5.74) is 8.72. The number of ether oxygens (including phenoxy) is 2. The summed E-state index contributed by atoms with van der Waals surface area (Å²) in [5, 5.41) is 8.13. The fraction of sp³-hybridized carbons (Fsp3) is 0.176. The van der Waals surface area contributed by atoms with E-state index in [4.69, 9.17) is 9.47 Å². The summed E-state index contributed by atoms with van der Waals surface area (Å²) in [6.07, 6.45) is 4.73. The van der Waals surface area contributed by atoms with E-state index in [1.807, 2.05) is 109 Å². The monoisotopic (exact) mass is 562 g/mol. The molecule has 0 fully saturated rings. The first-order valence-corrected chi connectivity index (χ1v) is 13.8. The van der Waals surface area contributed by atoms with Gasteiger partial charge in [0.25, 0.3) is 0 Å². The summed E-state index contributed by atoms with van der Waals surface area (Å²) in [6.45, 7) is 0.876. The molecule has 0 radical (unpaired) electrons. The Morgan fingerprint density at radius 2 is 0.929 bits per heavy atom. The predicted molar refractivity (Wildman–Crippen MR) is 164 cm³/mol. The second-order valence-electron chi connectivity index (χ2n) is 9.42. The molecule has 4 aromatic rings. The summed E-state index contributed by atoms with van der Waals surface area (Å²) in [7, 11) is 0. The second kappa shape index (κ2) is 16.8. The zero-order valence-corrected chi connectivity index (χ0v) is 23.3. The van der Waals surface area contributed by atoms with Gasteiger partial charge in [0.05, 0.1) is 12.4 Å². The average molecular weight is 563 g/mol. The van der Waals surface area contributed by atoms with E-state index in [-0.39, 0.29) is 24.7 Å². The number of unbranched alkanes of at least 4 members (excludes halogenated alkanes) is 1. The van der Waals surface area contributed by atoms with Crippen LogP contribution in [0.25, 0.3) is 0 Å². The van der Waals surface area contributed by atoms with Gasteiger partial charge in [-0.25, -0.2) is 10.9 Å². The van der Waals surface area contributed by atoms with E-state index in [1.54, 1.807) is 12.4 Å². The number of carbonyl (C=O) groups excluding carboxylic acids is 2. The Labute approximate surface area is 246 Å². The van der Waals surface area contributed by atoms with Crippen LogP contribution in [-0.4, -0.2) is 24.2 Å². The van der Waals surface area contributed by atoms with Crippen molar-refractivity contribution >= 4 is 24.2 Å². The van der Waals surface area contributed by atoms with Crippen molar-refractivity contribution in [3.63, 3.8) is 0 Å². The molecule has 2 N–H and O–H groups in total. The SMILES string of the molecule is O=C(CCCCC(=O)NN=Cc1ccccc1OCc1ccccc1)NN=Cc1ccccc1OCc1ccccc1. The van der Waals surface area contributed by atoms with Crippen LogP contribution in [0.2, 0.25) is 0 Å². The molecule has 0 saturated carbocycles. The lowest BCUT2D eigenvalue weighted by molar-refractivity contribution is -0.123. The van der Waals surface area contributed by atoms with Gasteiger partial charge in [-0.15, -0.1) is 0 Å². The molecule has 42 heavy (non-hydrogen) atoms. The minimum absolute atomic E-state index is 0.223. The van der Waals surface area contributed by atoms with Crippen molar-refractivity contribution in [1.29, 1.82) is 0 Å². The summed E-state index contributed by atoms with van der Waals surface area (Å²) >= 11 is 0. The Balaban J connectivity index is 1.13. The Bertz CT molecular complexity index is 1360. The zero-order valence-electron chi connectivity index (χ0n) is 23.3. The first kappa shape index (κ1) is 29.7. The number of amides is 2. The number of hydrazone groups is 2. The van der Waals surface area contributed by atoms with Crippen molar-refractivity contribution in [3.05, 3.63) is 131 Å². The molecule has 0 aliphatic rings. The quantitative estimate of drug-likeness (QED) is 0.105. The van der Waals surface area contributed by atoms with Gasteiger partial charge in [-0.2, -0.15) is 10.2 Å². The van der Waals surface area contributed by atoms with Gasteiger partial charge in [0.1, 0.15) is 24.7 Å². The third-order valence-electron chi connectivity index (χ3n) is 6.16. The third-order valence-corrected chi connectivity index (χ3v) is 6.16. The van der Waals surface area contributed by atoms with Crippen LogP contribution in [0.1, 0.15) is 47.9 Å². The number of para-hydroxylation sites is 2. The molecule has 4 rings (SSSR count). The van der Waals surface area contributed by atoms with Gasteiger partial charge in [0.15, 0.2) is 0 Å². The Kier molecular flexibility index (Phi) is 11.9. The van der Waals surface area contributed by atoms with Crippen molar-refractivity contribution < 1.29 is 19.1 Å². The lowest BCUT2D eigenvalue weighted by Crippen LogP contribution is -2.19. The van der Waals surface area contributed by atoms with E-state index in [1.165, 1.54) is 0 Å². The number of carbonyl (C=O) groups is 2. The van der Waals surface area contributed by atoms with E-state index in [2.05, 4.69) is 21.1 Å². The van der Waals surface area contributed by atoms with Crippen LogP contribution in [0.4, 0.5) is 0 Å². The summed E-state index contributed by atoms with van der Waals surface area (Å²) in [6, 6.07) is 34.8.